The van der Waals surface area contributed by atoms with Crippen molar-refractivity contribution >= 4 is 12.0 Å². The number of nitrogens with two attached hydrogens (primary N) is 2. The predicted molar refractivity (Wildman–Crippen MR) is 160 cm³/mol. The van der Waals surface area contributed by atoms with Crippen molar-refractivity contribution in [1.29, 1.82) is 0 Å². The van der Waals surface area contributed by atoms with Gasteiger partial charge in [-0.3, -0.25) is 14.7 Å². The Labute approximate surface area is 246 Å². The standard InChI is InChI=1S/C32H42N4O6/c1-2-3-25(38)13-27(40)14-26(39)8-4-20-5-9-30(41)31(10-20)42-19-36-16-28-24(15-35-29(28)17-36)12-23-11-21(32(33)34)6-7-22(23)18-37/h5-7,9-11,15,17,25,27,32,37-38,40-41H,2-4,8,12-14,16,18-19,33-34H2,1H3/p+1/t25-,27+/m0/s1. The van der Waals surface area contributed by atoms with Crippen LogP contribution in [0.1, 0.15) is 67.4 Å². The Hall–Kier alpha value is -3.38. The molecule has 3 atom stereocenters. The minimum absolute atomic E-state index is 0.0167. The molecule has 2 aliphatic rings. The lowest BCUT2D eigenvalue weighted by molar-refractivity contribution is -0.855. The highest BCUT2D eigenvalue weighted by Crippen LogP contribution is 2.29. The summed E-state index contributed by atoms with van der Waals surface area (Å²) >= 11 is 0. The average molecular weight is 580 g/mol. The van der Waals surface area contributed by atoms with Gasteiger partial charge in [0, 0.05) is 24.6 Å². The Kier molecular flexibility index (Phi) is 11.0. The van der Waals surface area contributed by atoms with E-state index in [1.807, 2.05) is 37.5 Å². The molecule has 2 aromatic rings. The average Bonchev–Trinajstić information content (AvgIpc) is 3.53. The first-order valence-corrected chi connectivity index (χ1v) is 14.6. The number of aliphatic imine (C=N–C) groups is 1. The molecule has 0 aromatic heterocycles. The highest BCUT2D eigenvalue weighted by Gasteiger charge is 2.29. The molecule has 10 nitrogen and oxygen atoms in total. The van der Waals surface area contributed by atoms with Gasteiger partial charge in [-0.15, -0.1) is 0 Å². The molecule has 10 heteroatoms. The van der Waals surface area contributed by atoms with Gasteiger partial charge in [0.25, 0.3) is 0 Å². The fourth-order valence-electron chi connectivity index (χ4n) is 5.39. The molecule has 0 spiro atoms. The van der Waals surface area contributed by atoms with Crippen molar-refractivity contribution in [2.24, 2.45) is 16.5 Å². The van der Waals surface area contributed by atoms with E-state index in [4.69, 9.17) is 16.2 Å². The van der Waals surface area contributed by atoms with E-state index in [9.17, 15) is 25.2 Å². The molecule has 0 aliphatic carbocycles. The van der Waals surface area contributed by atoms with Gasteiger partial charge in [-0.2, -0.15) is 0 Å². The van der Waals surface area contributed by atoms with Crippen molar-refractivity contribution in [2.75, 3.05) is 13.3 Å². The number of rotatable bonds is 16. The van der Waals surface area contributed by atoms with Crippen LogP contribution in [0.25, 0.3) is 0 Å². The molecule has 0 bridgehead atoms. The van der Waals surface area contributed by atoms with Gasteiger partial charge in [-0.05, 0) is 65.6 Å². The third-order valence-electron chi connectivity index (χ3n) is 7.73. The molecular formula is C32H43N4O6+. The van der Waals surface area contributed by atoms with Crippen LogP contribution >= 0.6 is 0 Å². The summed E-state index contributed by atoms with van der Waals surface area (Å²) in [4.78, 5) is 18.0. The first kappa shape index (κ1) is 31.6. The molecule has 4 rings (SSSR count). The van der Waals surface area contributed by atoms with Crippen molar-refractivity contribution in [3.63, 3.8) is 0 Å². The summed E-state index contributed by atoms with van der Waals surface area (Å²) in [5, 5.41) is 40.1. The van der Waals surface area contributed by atoms with Crippen molar-refractivity contribution in [3.8, 4) is 11.5 Å². The number of phenols is 1. The number of phenolic OH excluding ortho intramolecular Hbond substituents is 1. The Morgan fingerprint density at radius 3 is 2.67 bits per heavy atom. The second kappa shape index (κ2) is 14.7. The molecule has 226 valence electrons. The molecule has 2 heterocycles. The van der Waals surface area contributed by atoms with Crippen molar-refractivity contribution < 1.29 is 34.9 Å². The number of nitrogens with zero attached hydrogens (tertiary/aromatic N) is 1. The van der Waals surface area contributed by atoms with E-state index >= 15 is 0 Å². The number of hydrogen-bond donors (Lipinski definition) is 7. The van der Waals surface area contributed by atoms with Gasteiger partial charge < -0.3 is 36.6 Å². The van der Waals surface area contributed by atoms with Gasteiger partial charge >= 0.3 is 0 Å². The third-order valence-corrected chi connectivity index (χ3v) is 7.73. The van der Waals surface area contributed by atoms with E-state index in [1.54, 1.807) is 18.2 Å². The Morgan fingerprint density at radius 2 is 1.93 bits per heavy atom. The summed E-state index contributed by atoms with van der Waals surface area (Å²) in [5.74, 6) is 0.282. The molecule has 0 saturated carbocycles. The number of Topliss-reactive ketones (excluding diaryl/α,β-unsaturated/α-hetero) is 1. The van der Waals surface area contributed by atoms with Crippen LogP contribution in [0.2, 0.25) is 0 Å². The summed E-state index contributed by atoms with van der Waals surface area (Å²) in [6, 6.07) is 10.7. The van der Waals surface area contributed by atoms with Gasteiger partial charge in [-0.25, -0.2) is 0 Å². The lowest BCUT2D eigenvalue weighted by atomic mass is 9.95. The zero-order valence-corrected chi connectivity index (χ0v) is 24.1. The van der Waals surface area contributed by atoms with Gasteiger partial charge in [0.15, 0.2) is 11.5 Å². The largest absolute Gasteiger partial charge is 0.504 e. The maximum absolute atomic E-state index is 12.4. The minimum atomic E-state index is -0.846. The van der Waals surface area contributed by atoms with E-state index < -0.39 is 18.4 Å². The lowest BCUT2D eigenvalue weighted by Crippen LogP contribution is -3.07. The SMILES string of the molecule is CCC[C@H](O)C[C@@H](O)CC(=O)CCc1ccc(O)c(OC[NH+]2C=C3N=CC(Cc4cc(C(N)N)ccc4CO)=C3C2)c1. The first-order valence-electron chi connectivity index (χ1n) is 14.6. The summed E-state index contributed by atoms with van der Waals surface area (Å²) in [6.07, 6.45) is 4.78. The Morgan fingerprint density at radius 1 is 1.12 bits per heavy atom. The van der Waals surface area contributed by atoms with E-state index in [2.05, 4.69) is 4.99 Å². The molecule has 2 aromatic carbocycles. The summed E-state index contributed by atoms with van der Waals surface area (Å²) in [7, 11) is 0. The molecule has 9 N–H and O–H groups in total. The lowest BCUT2D eigenvalue weighted by Gasteiger charge is -2.15. The number of aryl methyl sites for hydroxylation is 1. The molecule has 42 heavy (non-hydrogen) atoms. The second-order valence-corrected chi connectivity index (χ2v) is 11.2. The number of fused-ring (bicyclic) bond motifs is 1. The third kappa shape index (κ3) is 8.34. The number of ketones is 1. The van der Waals surface area contributed by atoms with Crippen LogP contribution in [0, 0.1) is 0 Å². The molecule has 0 fully saturated rings. The normalized spacial score (nSPS) is 17.5. The number of allylic oxidation sites excluding steroid dienone is 1. The first-order chi connectivity index (χ1) is 20.2. The highest BCUT2D eigenvalue weighted by atomic mass is 16.5. The summed E-state index contributed by atoms with van der Waals surface area (Å²) in [5.41, 5.74) is 18.2. The van der Waals surface area contributed by atoms with Gasteiger partial charge in [0.1, 0.15) is 24.2 Å². The highest BCUT2D eigenvalue weighted by molar-refractivity contribution is 5.87. The predicted octanol–water partition coefficient (Wildman–Crippen LogP) is 1.30. The van der Waals surface area contributed by atoms with Crippen LogP contribution in [0.4, 0.5) is 0 Å². The van der Waals surface area contributed by atoms with Crippen LogP contribution in [-0.4, -0.2) is 57.9 Å². The number of nitrogens with one attached hydrogen (secondary N) is 1. The van der Waals surface area contributed by atoms with Gasteiger partial charge in [0.05, 0.1) is 25.0 Å². The number of aliphatic hydroxyl groups excluding tert-OH is 3. The molecular weight excluding hydrogens is 536 g/mol. The maximum atomic E-state index is 12.4. The van der Waals surface area contributed by atoms with Crippen molar-refractivity contribution in [3.05, 3.63) is 81.7 Å². The fourth-order valence-corrected chi connectivity index (χ4v) is 5.39. The zero-order valence-electron chi connectivity index (χ0n) is 24.1. The van der Waals surface area contributed by atoms with Crippen LogP contribution in [-0.2, 0) is 24.2 Å². The number of carbonyl (C=O) groups is 1. The molecule has 2 aliphatic heterocycles. The Bertz CT molecular complexity index is 1350. The van der Waals surface area contributed by atoms with E-state index in [-0.39, 0.29) is 44.1 Å². The summed E-state index contributed by atoms with van der Waals surface area (Å²) in [6.45, 7) is 2.83. The number of benzene rings is 2. The minimum Gasteiger partial charge on any atom is -0.504 e. The Balaban J connectivity index is 1.32. The van der Waals surface area contributed by atoms with E-state index in [1.165, 1.54) is 0 Å². The molecule has 1 unspecified atom stereocenters. The quantitative estimate of drug-likeness (QED) is 0.146. The number of ether oxygens (including phenoxy) is 1. The zero-order chi connectivity index (χ0) is 30.2. The number of aromatic hydroxyl groups is 1. The topological polar surface area (TPSA) is 176 Å². The van der Waals surface area contributed by atoms with Gasteiger partial charge in [-0.1, -0.05) is 37.6 Å². The smallest absolute Gasteiger partial charge is 0.227 e. The van der Waals surface area contributed by atoms with Crippen LogP contribution in [0.15, 0.2) is 64.4 Å². The molecule has 0 saturated heterocycles. The number of quaternary nitrogens is 1. The number of hydrogen-bond acceptors (Lipinski definition) is 9. The fraction of sp³-hybridized carbons (Fsp3) is 0.438. The van der Waals surface area contributed by atoms with Crippen LogP contribution < -0.4 is 21.1 Å². The number of carbonyl (C=O) groups excluding carboxylic acids is 1. The summed E-state index contributed by atoms with van der Waals surface area (Å²) < 4.78 is 5.98. The number of aliphatic hydroxyl groups is 3. The second-order valence-electron chi connectivity index (χ2n) is 11.2. The van der Waals surface area contributed by atoms with Crippen LogP contribution in [0.3, 0.4) is 0 Å². The van der Waals surface area contributed by atoms with Crippen molar-refractivity contribution in [1.82, 2.24) is 0 Å². The van der Waals surface area contributed by atoms with Gasteiger partial charge in [0.2, 0.25) is 6.73 Å². The maximum Gasteiger partial charge on any atom is 0.227 e. The van der Waals surface area contributed by atoms with Crippen molar-refractivity contribution in [2.45, 2.75) is 76.9 Å². The monoisotopic (exact) mass is 579 g/mol. The molecule has 0 amide bonds. The molecule has 0 radical (unpaired) electrons. The van der Waals surface area contributed by atoms with E-state index in [0.717, 1.165) is 50.4 Å². The van der Waals surface area contributed by atoms with E-state index in [0.29, 0.717) is 31.6 Å². The van der Waals surface area contributed by atoms with Crippen LogP contribution in [0.5, 0.6) is 11.5 Å².